The first-order valence-corrected chi connectivity index (χ1v) is 16.7. The summed E-state index contributed by atoms with van der Waals surface area (Å²) in [6.45, 7) is 0. The largest absolute Gasteiger partial charge is 0.309 e. The van der Waals surface area contributed by atoms with Gasteiger partial charge < -0.3 is 4.57 Å². The third-order valence-corrected chi connectivity index (χ3v) is 9.85. The lowest BCUT2D eigenvalue weighted by molar-refractivity contribution is 1.18. The molecule has 0 N–H and O–H groups in total. The molecule has 10 rings (SSSR count). The predicted molar refractivity (Wildman–Crippen MR) is 205 cm³/mol. The lowest BCUT2D eigenvalue weighted by Gasteiger charge is -2.11. The second kappa shape index (κ2) is 11.0. The van der Waals surface area contributed by atoms with Gasteiger partial charge in [-0.1, -0.05) is 140 Å². The van der Waals surface area contributed by atoms with E-state index in [0.717, 1.165) is 33.1 Å². The molecule has 228 valence electrons. The maximum atomic E-state index is 5.17. The number of rotatable bonds is 4. The third-order valence-electron chi connectivity index (χ3n) is 9.85. The lowest BCUT2D eigenvalue weighted by atomic mass is 9.98. The number of fused-ring (bicyclic) bond motifs is 9. The Bertz CT molecular complexity index is 2810. The Morgan fingerprint density at radius 3 is 1.51 bits per heavy atom. The monoisotopic (exact) mass is 623 g/mol. The molecule has 0 atom stereocenters. The fourth-order valence-corrected chi connectivity index (χ4v) is 7.46. The van der Waals surface area contributed by atoms with Crippen LogP contribution in [0.2, 0.25) is 0 Å². The van der Waals surface area contributed by atoms with E-state index in [1.165, 1.54) is 60.5 Å². The molecule has 10 aromatic rings. The molecule has 49 heavy (non-hydrogen) atoms. The van der Waals surface area contributed by atoms with Crippen molar-refractivity contribution in [2.45, 2.75) is 0 Å². The average molecular weight is 624 g/mol. The molecule has 0 aliphatic rings. The first-order valence-electron chi connectivity index (χ1n) is 16.7. The summed E-state index contributed by atoms with van der Waals surface area (Å²) in [5, 5.41) is 7.19. The first kappa shape index (κ1) is 27.5. The van der Waals surface area contributed by atoms with Crippen molar-refractivity contribution < 1.29 is 0 Å². The maximum absolute atomic E-state index is 5.17. The number of para-hydroxylation sites is 2. The van der Waals surface area contributed by atoms with E-state index in [9.17, 15) is 0 Å². The summed E-state index contributed by atoms with van der Waals surface area (Å²) < 4.78 is 2.36. The molecular formula is C46H29N3. The van der Waals surface area contributed by atoms with Crippen molar-refractivity contribution in [3.8, 4) is 39.2 Å². The van der Waals surface area contributed by atoms with E-state index < -0.39 is 0 Å². The fourth-order valence-electron chi connectivity index (χ4n) is 7.46. The van der Waals surface area contributed by atoms with Crippen LogP contribution in [0.15, 0.2) is 176 Å². The summed E-state index contributed by atoms with van der Waals surface area (Å²) in [6.07, 6.45) is 1.90. The highest BCUT2D eigenvalue weighted by molar-refractivity contribution is 6.23. The number of nitrogens with zero attached hydrogens (tertiary/aromatic N) is 3. The Morgan fingerprint density at radius 2 is 0.837 bits per heavy atom. The molecule has 0 aliphatic heterocycles. The topological polar surface area (TPSA) is 30.7 Å². The molecule has 0 amide bonds. The highest BCUT2D eigenvalue weighted by Gasteiger charge is 2.14. The van der Waals surface area contributed by atoms with Crippen LogP contribution in [0.3, 0.4) is 0 Å². The minimum atomic E-state index is 0.874. The molecule has 0 saturated carbocycles. The summed E-state index contributed by atoms with van der Waals surface area (Å²) in [6, 6.07) is 60.6. The van der Waals surface area contributed by atoms with E-state index in [1.807, 2.05) is 6.20 Å². The summed E-state index contributed by atoms with van der Waals surface area (Å²) in [7, 11) is 0. The van der Waals surface area contributed by atoms with Gasteiger partial charge in [-0.05, 0) is 63.4 Å². The van der Waals surface area contributed by atoms with E-state index in [2.05, 4.69) is 174 Å². The first-order chi connectivity index (χ1) is 24.3. The molecule has 0 aliphatic carbocycles. The van der Waals surface area contributed by atoms with Crippen molar-refractivity contribution in [1.82, 2.24) is 14.5 Å². The molecule has 8 aromatic carbocycles. The minimum absolute atomic E-state index is 0.874. The van der Waals surface area contributed by atoms with Crippen molar-refractivity contribution >= 4 is 54.4 Å². The third kappa shape index (κ3) is 4.44. The quantitative estimate of drug-likeness (QED) is 0.183. The van der Waals surface area contributed by atoms with Crippen LogP contribution in [-0.4, -0.2) is 14.5 Å². The molecule has 2 heterocycles. The van der Waals surface area contributed by atoms with E-state index in [1.54, 1.807) is 0 Å². The zero-order valence-corrected chi connectivity index (χ0v) is 26.6. The second-order valence-corrected chi connectivity index (χ2v) is 12.6. The summed E-state index contributed by atoms with van der Waals surface area (Å²) in [4.78, 5) is 10.1. The zero-order valence-electron chi connectivity index (χ0n) is 26.6. The Labute approximate surface area is 283 Å². The number of benzene rings is 8. The molecule has 3 nitrogen and oxygen atoms in total. The Hall–Kier alpha value is -6.58. The second-order valence-electron chi connectivity index (χ2n) is 12.6. The van der Waals surface area contributed by atoms with Crippen LogP contribution in [0.25, 0.3) is 93.6 Å². The summed E-state index contributed by atoms with van der Waals surface area (Å²) in [5.41, 5.74) is 12.2. The van der Waals surface area contributed by atoms with Gasteiger partial charge in [0, 0.05) is 32.8 Å². The van der Waals surface area contributed by atoms with E-state index in [0.29, 0.717) is 0 Å². The van der Waals surface area contributed by atoms with Crippen LogP contribution in [0.1, 0.15) is 0 Å². The molecule has 0 bridgehead atoms. The van der Waals surface area contributed by atoms with Gasteiger partial charge in [0.1, 0.15) is 0 Å². The Morgan fingerprint density at radius 1 is 0.347 bits per heavy atom. The van der Waals surface area contributed by atoms with Crippen LogP contribution in [0.4, 0.5) is 0 Å². The van der Waals surface area contributed by atoms with E-state index >= 15 is 0 Å². The fraction of sp³-hybridized carbons (Fsp3) is 0. The smallest absolute Gasteiger partial charge is 0.0979 e. The van der Waals surface area contributed by atoms with Gasteiger partial charge in [-0.2, -0.15) is 0 Å². The van der Waals surface area contributed by atoms with Gasteiger partial charge >= 0.3 is 0 Å². The predicted octanol–water partition coefficient (Wildman–Crippen LogP) is 12.0. The highest BCUT2D eigenvalue weighted by atomic mass is 15.0. The lowest BCUT2D eigenvalue weighted by Crippen LogP contribution is -1.92. The van der Waals surface area contributed by atoms with Crippen molar-refractivity contribution in [2.24, 2.45) is 0 Å². The minimum Gasteiger partial charge on any atom is -0.309 e. The van der Waals surface area contributed by atoms with Gasteiger partial charge in [-0.3, -0.25) is 4.98 Å². The maximum Gasteiger partial charge on any atom is 0.0979 e. The van der Waals surface area contributed by atoms with Crippen LogP contribution >= 0.6 is 0 Å². The van der Waals surface area contributed by atoms with Gasteiger partial charge in [0.2, 0.25) is 0 Å². The van der Waals surface area contributed by atoms with Crippen molar-refractivity contribution in [3.63, 3.8) is 0 Å². The standard InChI is InChI=1S/C46H29N3/c1-2-10-35(11-3-1)49-43-17-9-8-14-38(43)41-28-34(26-27-44(41)49)32-20-18-30(19-21-32)31-22-24-33(25-23-31)42-29-47-45-39-15-6-4-12-36(39)37-13-5-7-16-40(37)46(45)48-42/h1-29H. The molecule has 2 aromatic heterocycles. The molecule has 0 radical (unpaired) electrons. The molecule has 0 saturated heterocycles. The SMILES string of the molecule is c1ccc(-n2c3ccccc3c3cc(-c4ccc(-c5ccc(-c6cnc7c8ccccc8c8ccccc8c7n6)cc5)cc4)ccc32)cc1. The Balaban J connectivity index is 0.980. The molecule has 0 spiro atoms. The van der Waals surface area contributed by atoms with Crippen LogP contribution < -0.4 is 0 Å². The van der Waals surface area contributed by atoms with Gasteiger partial charge in [0.05, 0.1) is 34.0 Å². The zero-order chi connectivity index (χ0) is 32.3. The molecular weight excluding hydrogens is 595 g/mol. The van der Waals surface area contributed by atoms with Gasteiger partial charge in [0.15, 0.2) is 0 Å². The number of aromatic nitrogens is 3. The average Bonchev–Trinajstić information content (AvgIpc) is 3.52. The summed E-state index contributed by atoms with van der Waals surface area (Å²) in [5.74, 6) is 0. The Kier molecular flexibility index (Phi) is 6.18. The number of hydrogen-bond acceptors (Lipinski definition) is 2. The van der Waals surface area contributed by atoms with Gasteiger partial charge in [-0.15, -0.1) is 0 Å². The van der Waals surface area contributed by atoms with Crippen LogP contribution in [0.5, 0.6) is 0 Å². The normalized spacial score (nSPS) is 11.7. The molecule has 0 unspecified atom stereocenters. The van der Waals surface area contributed by atoms with Gasteiger partial charge in [-0.25, -0.2) is 4.98 Å². The molecule has 0 fully saturated rings. The van der Waals surface area contributed by atoms with Crippen LogP contribution in [0, 0.1) is 0 Å². The van der Waals surface area contributed by atoms with Gasteiger partial charge in [0.25, 0.3) is 0 Å². The highest BCUT2D eigenvalue weighted by Crippen LogP contribution is 2.37. The molecule has 3 heteroatoms. The van der Waals surface area contributed by atoms with Crippen molar-refractivity contribution in [1.29, 1.82) is 0 Å². The van der Waals surface area contributed by atoms with E-state index in [-0.39, 0.29) is 0 Å². The van der Waals surface area contributed by atoms with Crippen molar-refractivity contribution in [3.05, 3.63) is 176 Å². The summed E-state index contributed by atoms with van der Waals surface area (Å²) >= 11 is 0. The number of hydrogen-bond donors (Lipinski definition) is 0. The van der Waals surface area contributed by atoms with Crippen LogP contribution in [-0.2, 0) is 0 Å². The van der Waals surface area contributed by atoms with Crippen molar-refractivity contribution in [2.75, 3.05) is 0 Å². The van der Waals surface area contributed by atoms with E-state index in [4.69, 9.17) is 9.97 Å².